The first kappa shape index (κ1) is 17.0. The fourth-order valence-electron chi connectivity index (χ4n) is 4.24. The van der Waals surface area contributed by atoms with Gasteiger partial charge in [-0.3, -0.25) is 4.90 Å². The molecule has 0 saturated carbocycles. The average molecular weight is 319 g/mol. The zero-order valence-electron chi connectivity index (χ0n) is 15.2. The Morgan fingerprint density at radius 3 is 2.17 bits per heavy atom. The number of benzene rings is 2. The quantitative estimate of drug-likeness (QED) is 0.639. The molecule has 1 fully saturated rings. The van der Waals surface area contributed by atoms with E-state index in [2.05, 4.69) is 92.9 Å². The molecule has 1 saturated heterocycles. The molecule has 2 aromatic carbocycles. The van der Waals surface area contributed by atoms with E-state index in [0.29, 0.717) is 23.9 Å². The van der Waals surface area contributed by atoms with Gasteiger partial charge >= 0.3 is 0 Å². The predicted molar refractivity (Wildman–Crippen MR) is 103 cm³/mol. The molecule has 1 heterocycles. The Kier molecular flexibility index (Phi) is 5.20. The summed E-state index contributed by atoms with van der Waals surface area (Å²) in [6, 6.07) is 22.8. The Morgan fingerprint density at radius 1 is 1.00 bits per heavy atom. The van der Waals surface area contributed by atoms with Gasteiger partial charge in [0, 0.05) is 18.6 Å². The number of hydrogen-bond donors (Lipinski definition) is 0. The van der Waals surface area contributed by atoms with Crippen LogP contribution in [0.5, 0.6) is 0 Å². The van der Waals surface area contributed by atoms with Crippen LogP contribution < -0.4 is 0 Å². The zero-order valence-corrected chi connectivity index (χ0v) is 15.2. The third-order valence-corrected chi connectivity index (χ3v) is 5.47. The Balaban J connectivity index is 1.99. The Labute approximate surface area is 147 Å². The summed E-state index contributed by atoms with van der Waals surface area (Å²) >= 11 is 0. The van der Waals surface area contributed by atoms with Crippen LogP contribution in [0.25, 0.3) is 0 Å². The second kappa shape index (κ2) is 7.36. The first-order valence-electron chi connectivity index (χ1n) is 9.10. The summed E-state index contributed by atoms with van der Waals surface area (Å²) in [4.78, 5) is 2.72. The van der Waals surface area contributed by atoms with Gasteiger partial charge in [0.2, 0.25) is 0 Å². The minimum atomic E-state index is 0.419. The lowest BCUT2D eigenvalue weighted by Gasteiger charge is -2.49. The fourth-order valence-corrected chi connectivity index (χ4v) is 4.24. The van der Waals surface area contributed by atoms with Crippen LogP contribution in [0.15, 0.2) is 72.8 Å². The van der Waals surface area contributed by atoms with Crippen molar-refractivity contribution in [1.29, 1.82) is 0 Å². The molecule has 0 amide bonds. The molecule has 0 aliphatic carbocycles. The molecule has 0 bridgehead atoms. The van der Waals surface area contributed by atoms with Crippen LogP contribution in [-0.2, 0) is 6.54 Å². The summed E-state index contributed by atoms with van der Waals surface area (Å²) in [6.45, 7) is 12.5. The summed E-state index contributed by atoms with van der Waals surface area (Å²) in [5, 5.41) is 0. The highest BCUT2D eigenvalue weighted by molar-refractivity contribution is 5.26. The standard InChI is InChI=1S/C23H29N/c1-17(2)23-19(4)18(3)15-22(21-13-9-6-10-14-21)24(23)16-20-11-7-5-8-12-20/h5-14,17,19,22-23H,3,15-16H2,1-2,4H3/t19-,22+,23-/m0/s1. The largest absolute Gasteiger partial charge is 0.288 e. The van der Waals surface area contributed by atoms with Crippen molar-refractivity contribution >= 4 is 0 Å². The maximum Gasteiger partial charge on any atom is 0.0392 e. The smallest absolute Gasteiger partial charge is 0.0392 e. The summed E-state index contributed by atoms with van der Waals surface area (Å²) in [7, 11) is 0. The number of hydrogen-bond acceptors (Lipinski definition) is 1. The Hall–Kier alpha value is -1.86. The molecule has 3 atom stereocenters. The van der Waals surface area contributed by atoms with E-state index in [4.69, 9.17) is 0 Å². The van der Waals surface area contributed by atoms with Gasteiger partial charge in [0.1, 0.15) is 0 Å². The molecule has 2 aromatic rings. The number of piperidine rings is 1. The molecule has 1 nitrogen and oxygen atoms in total. The molecule has 24 heavy (non-hydrogen) atoms. The second-order valence-electron chi connectivity index (χ2n) is 7.47. The highest BCUT2D eigenvalue weighted by Gasteiger charge is 2.39. The lowest BCUT2D eigenvalue weighted by molar-refractivity contribution is 0.0385. The summed E-state index contributed by atoms with van der Waals surface area (Å²) in [5.74, 6) is 1.14. The number of likely N-dealkylation sites (tertiary alicyclic amines) is 1. The van der Waals surface area contributed by atoms with Gasteiger partial charge in [-0.1, -0.05) is 93.6 Å². The highest BCUT2D eigenvalue weighted by Crippen LogP contribution is 2.43. The molecule has 0 radical (unpaired) electrons. The normalized spacial score (nSPS) is 25.2. The Bertz CT molecular complexity index is 659. The van der Waals surface area contributed by atoms with Crippen molar-refractivity contribution < 1.29 is 0 Å². The maximum atomic E-state index is 4.42. The molecule has 3 rings (SSSR count). The lowest BCUT2D eigenvalue weighted by Crippen LogP contribution is -2.49. The fraction of sp³-hybridized carbons (Fsp3) is 0.391. The summed E-state index contributed by atoms with van der Waals surface area (Å²) < 4.78 is 0. The zero-order chi connectivity index (χ0) is 17.1. The van der Waals surface area contributed by atoms with E-state index in [1.54, 1.807) is 0 Å². The van der Waals surface area contributed by atoms with Crippen molar-refractivity contribution in [1.82, 2.24) is 4.90 Å². The van der Waals surface area contributed by atoms with Gasteiger partial charge in [-0.05, 0) is 29.4 Å². The van der Waals surface area contributed by atoms with Gasteiger partial charge in [-0.2, -0.15) is 0 Å². The monoisotopic (exact) mass is 319 g/mol. The Morgan fingerprint density at radius 2 is 1.58 bits per heavy atom. The molecule has 0 spiro atoms. The topological polar surface area (TPSA) is 3.24 Å². The van der Waals surface area contributed by atoms with E-state index in [1.165, 1.54) is 16.7 Å². The van der Waals surface area contributed by atoms with E-state index >= 15 is 0 Å². The van der Waals surface area contributed by atoms with Crippen molar-refractivity contribution in [2.24, 2.45) is 11.8 Å². The van der Waals surface area contributed by atoms with Crippen molar-refractivity contribution in [3.05, 3.63) is 83.9 Å². The van der Waals surface area contributed by atoms with Crippen molar-refractivity contribution in [2.45, 2.75) is 45.8 Å². The molecule has 0 unspecified atom stereocenters. The summed E-state index contributed by atoms with van der Waals surface area (Å²) in [5.41, 5.74) is 4.20. The molecule has 1 aliphatic heterocycles. The van der Waals surface area contributed by atoms with E-state index < -0.39 is 0 Å². The van der Waals surface area contributed by atoms with Crippen LogP contribution in [0.3, 0.4) is 0 Å². The van der Waals surface area contributed by atoms with E-state index in [1.807, 2.05) is 0 Å². The third-order valence-electron chi connectivity index (χ3n) is 5.47. The maximum absolute atomic E-state index is 4.42. The van der Waals surface area contributed by atoms with Crippen LogP contribution in [0, 0.1) is 11.8 Å². The van der Waals surface area contributed by atoms with E-state index in [9.17, 15) is 0 Å². The van der Waals surface area contributed by atoms with Gasteiger partial charge in [-0.15, -0.1) is 0 Å². The van der Waals surface area contributed by atoms with Gasteiger partial charge in [-0.25, -0.2) is 0 Å². The molecule has 0 aromatic heterocycles. The second-order valence-corrected chi connectivity index (χ2v) is 7.47. The number of nitrogens with zero attached hydrogens (tertiary/aromatic N) is 1. The van der Waals surface area contributed by atoms with E-state index in [0.717, 1.165) is 13.0 Å². The van der Waals surface area contributed by atoms with Gasteiger partial charge < -0.3 is 0 Å². The first-order chi connectivity index (χ1) is 11.6. The summed E-state index contributed by atoms with van der Waals surface area (Å²) in [6.07, 6.45) is 1.06. The first-order valence-corrected chi connectivity index (χ1v) is 9.10. The lowest BCUT2D eigenvalue weighted by atomic mass is 9.76. The minimum Gasteiger partial charge on any atom is -0.288 e. The molecular weight excluding hydrogens is 290 g/mol. The van der Waals surface area contributed by atoms with Crippen molar-refractivity contribution in [3.8, 4) is 0 Å². The molecule has 1 aliphatic rings. The van der Waals surface area contributed by atoms with Crippen molar-refractivity contribution in [3.63, 3.8) is 0 Å². The van der Waals surface area contributed by atoms with Gasteiger partial charge in [0.05, 0.1) is 0 Å². The average Bonchev–Trinajstić information content (AvgIpc) is 2.59. The van der Waals surface area contributed by atoms with Crippen LogP contribution in [0.4, 0.5) is 0 Å². The number of rotatable bonds is 4. The highest BCUT2D eigenvalue weighted by atomic mass is 15.2. The predicted octanol–water partition coefficient (Wildman–Crippen LogP) is 5.85. The molecular formula is C23H29N. The van der Waals surface area contributed by atoms with Crippen LogP contribution >= 0.6 is 0 Å². The molecule has 1 heteroatoms. The van der Waals surface area contributed by atoms with Crippen LogP contribution in [0.2, 0.25) is 0 Å². The minimum absolute atomic E-state index is 0.419. The van der Waals surface area contributed by atoms with Gasteiger partial charge in [0.25, 0.3) is 0 Å². The van der Waals surface area contributed by atoms with Gasteiger partial charge in [0.15, 0.2) is 0 Å². The molecule has 0 N–H and O–H groups in total. The van der Waals surface area contributed by atoms with Crippen molar-refractivity contribution in [2.75, 3.05) is 0 Å². The van der Waals surface area contributed by atoms with Crippen LogP contribution in [0.1, 0.15) is 44.4 Å². The molecule has 126 valence electrons. The third kappa shape index (κ3) is 3.47. The van der Waals surface area contributed by atoms with E-state index in [-0.39, 0.29) is 0 Å². The SMILES string of the molecule is C=C1C[C@H](c2ccccc2)N(Cc2ccccc2)[C@@H](C(C)C)[C@H]1C. The van der Waals surface area contributed by atoms with Crippen LogP contribution in [-0.4, -0.2) is 10.9 Å².